The van der Waals surface area contributed by atoms with E-state index < -0.39 is 0 Å². The van der Waals surface area contributed by atoms with Gasteiger partial charge in [0, 0.05) is 12.7 Å². The molecular formula is C14H19N5O2. The molecule has 21 heavy (non-hydrogen) atoms. The second-order valence-corrected chi connectivity index (χ2v) is 5.39. The van der Waals surface area contributed by atoms with Crippen molar-refractivity contribution in [3.63, 3.8) is 0 Å². The molecule has 7 heteroatoms. The number of hydrogen-bond donors (Lipinski definition) is 2. The number of aromatic nitrogens is 3. The average molecular weight is 289 g/mol. The van der Waals surface area contributed by atoms with Gasteiger partial charge >= 0.3 is 5.69 Å². The summed E-state index contributed by atoms with van der Waals surface area (Å²) in [5, 5.41) is 10.3. The van der Waals surface area contributed by atoms with E-state index in [0.29, 0.717) is 18.1 Å². The molecule has 2 N–H and O–H groups in total. The van der Waals surface area contributed by atoms with Crippen LogP contribution in [-0.2, 0) is 11.3 Å². The van der Waals surface area contributed by atoms with E-state index in [1.807, 2.05) is 6.07 Å². The van der Waals surface area contributed by atoms with Crippen LogP contribution in [0.2, 0.25) is 0 Å². The molecule has 0 aromatic carbocycles. The fourth-order valence-electron chi connectivity index (χ4n) is 2.62. The lowest BCUT2D eigenvalue weighted by Gasteiger charge is -2.22. The SMILES string of the molecule is O=C(Cn1nc2ccccn2c1=O)NCC1CCCNC1. The van der Waals surface area contributed by atoms with Crippen LogP contribution in [0.5, 0.6) is 0 Å². The van der Waals surface area contributed by atoms with Crippen molar-refractivity contribution in [2.75, 3.05) is 19.6 Å². The van der Waals surface area contributed by atoms with Gasteiger partial charge in [0.2, 0.25) is 5.91 Å². The van der Waals surface area contributed by atoms with Crippen molar-refractivity contribution in [2.45, 2.75) is 19.4 Å². The van der Waals surface area contributed by atoms with Crippen LogP contribution in [0.1, 0.15) is 12.8 Å². The molecule has 7 nitrogen and oxygen atoms in total. The Labute approximate surface area is 122 Å². The van der Waals surface area contributed by atoms with E-state index >= 15 is 0 Å². The first-order chi connectivity index (χ1) is 10.2. The second kappa shape index (κ2) is 6.09. The zero-order valence-corrected chi connectivity index (χ0v) is 11.8. The van der Waals surface area contributed by atoms with Crippen LogP contribution in [0, 0.1) is 5.92 Å². The van der Waals surface area contributed by atoms with Gasteiger partial charge in [-0.1, -0.05) is 6.07 Å². The normalized spacial score (nSPS) is 18.8. The first-order valence-electron chi connectivity index (χ1n) is 7.25. The van der Waals surface area contributed by atoms with E-state index in [1.165, 1.54) is 9.08 Å². The van der Waals surface area contributed by atoms with E-state index in [2.05, 4.69) is 15.7 Å². The lowest BCUT2D eigenvalue weighted by atomic mass is 10.00. The molecule has 1 atom stereocenters. The number of fused-ring (bicyclic) bond motifs is 1. The molecule has 0 bridgehead atoms. The van der Waals surface area contributed by atoms with Crippen molar-refractivity contribution < 1.29 is 4.79 Å². The highest BCUT2D eigenvalue weighted by Gasteiger charge is 2.15. The number of nitrogens with one attached hydrogen (secondary N) is 2. The minimum atomic E-state index is -0.292. The molecule has 112 valence electrons. The van der Waals surface area contributed by atoms with Crippen molar-refractivity contribution in [3.05, 3.63) is 34.9 Å². The van der Waals surface area contributed by atoms with Crippen LogP contribution in [0.25, 0.3) is 5.65 Å². The first kappa shape index (κ1) is 13.8. The lowest BCUT2D eigenvalue weighted by Crippen LogP contribution is -2.40. The molecule has 3 rings (SSSR count). The number of piperidine rings is 1. The van der Waals surface area contributed by atoms with Gasteiger partial charge < -0.3 is 10.6 Å². The Hall–Kier alpha value is -2.15. The van der Waals surface area contributed by atoms with E-state index in [1.54, 1.807) is 18.3 Å². The standard InChI is InChI=1S/C14H19N5O2/c20-13(16-9-11-4-3-6-15-8-11)10-19-14(21)18-7-2-1-5-12(18)17-19/h1-2,5,7,11,15H,3-4,6,8-10H2,(H,16,20). The maximum atomic E-state index is 12.0. The Morgan fingerprint density at radius 2 is 2.38 bits per heavy atom. The Morgan fingerprint density at radius 3 is 3.14 bits per heavy atom. The van der Waals surface area contributed by atoms with Crippen LogP contribution in [0.3, 0.4) is 0 Å². The Balaban J connectivity index is 1.60. The number of pyridine rings is 1. The van der Waals surface area contributed by atoms with Crippen molar-refractivity contribution in [1.82, 2.24) is 24.8 Å². The quantitative estimate of drug-likeness (QED) is 0.803. The van der Waals surface area contributed by atoms with E-state index in [4.69, 9.17) is 0 Å². The van der Waals surface area contributed by atoms with Crippen molar-refractivity contribution in [3.8, 4) is 0 Å². The fourth-order valence-corrected chi connectivity index (χ4v) is 2.62. The maximum Gasteiger partial charge on any atom is 0.350 e. The van der Waals surface area contributed by atoms with Crippen LogP contribution < -0.4 is 16.3 Å². The van der Waals surface area contributed by atoms with Crippen LogP contribution in [0.4, 0.5) is 0 Å². The molecule has 0 saturated carbocycles. The predicted octanol–water partition coefficient (Wildman–Crippen LogP) is -0.388. The third-order valence-corrected chi connectivity index (χ3v) is 3.77. The smallest absolute Gasteiger partial charge is 0.350 e. The summed E-state index contributed by atoms with van der Waals surface area (Å²) in [7, 11) is 0. The molecule has 1 unspecified atom stereocenters. The minimum Gasteiger partial charge on any atom is -0.354 e. The van der Waals surface area contributed by atoms with Crippen LogP contribution >= 0.6 is 0 Å². The molecular weight excluding hydrogens is 270 g/mol. The first-order valence-corrected chi connectivity index (χ1v) is 7.25. The van der Waals surface area contributed by atoms with Gasteiger partial charge in [0.05, 0.1) is 0 Å². The topological polar surface area (TPSA) is 80.4 Å². The summed E-state index contributed by atoms with van der Waals surface area (Å²) >= 11 is 0. The molecule has 1 amide bonds. The second-order valence-electron chi connectivity index (χ2n) is 5.39. The summed E-state index contributed by atoms with van der Waals surface area (Å²) in [5.41, 5.74) is 0.256. The third kappa shape index (κ3) is 3.13. The van der Waals surface area contributed by atoms with Gasteiger partial charge in [-0.2, -0.15) is 0 Å². The summed E-state index contributed by atoms with van der Waals surface area (Å²) in [4.78, 5) is 24.0. The molecule has 0 aliphatic carbocycles. The number of carbonyl (C=O) groups is 1. The summed E-state index contributed by atoms with van der Waals surface area (Å²) < 4.78 is 2.63. The summed E-state index contributed by atoms with van der Waals surface area (Å²) in [5.74, 6) is 0.298. The predicted molar refractivity (Wildman–Crippen MR) is 78.1 cm³/mol. The van der Waals surface area contributed by atoms with Gasteiger partial charge in [-0.15, -0.1) is 5.10 Å². The molecule has 2 aromatic rings. The maximum absolute atomic E-state index is 12.0. The number of nitrogens with zero attached hydrogens (tertiary/aromatic N) is 3. The van der Waals surface area contributed by atoms with Gasteiger partial charge in [0.25, 0.3) is 0 Å². The molecule has 1 aliphatic heterocycles. The minimum absolute atomic E-state index is 0.0410. The molecule has 1 fully saturated rings. The van der Waals surface area contributed by atoms with Crippen LogP contribution in [0.15, 0.2) is 29.2 Å². The largest absolute Gasteiger partial charge is 0.354 e. The Morgan fingerprint density at radius 1 is 1.48 bits per heavy atom. The zero-order valence-electron chi connectivity index (χ0n) is 11.8. The number of hydrogen-bond acceptors (Lipinski definition) is 4. The Bertz CT molecular complexity index is 684. The summed E-state index contributed by atoms with van der Waals surface area (Å²) in [6, 6.07) is 5.31. The molecule has 2 aromatic heterocycles. The van der Waals surface area contributed by atoms with E-state index in [9.17, 15) is 9.59 Å². The van der Waals surface area contributed by atoms with Crippen LogP contribution in [-0.4, -0.2) is 39.7 Å². The van der Waals surface area contributed by atoms with Gasteiger partial charge in [-0.05, 0) is 44.0 Å². The van der Waals surface area contributed by atoms with Gasteiger partial charge in [0.1, 0.15) is 6.54 Å². The molecule has 1 saturated heterocycles. The lowest BCUT2D eigenvalue weighted by molar-refractivity contribution is -0.122. The third-order valence-electron chi connectivity index (χ3n) is 3.77. The average Bonchev–Trinajstić information content (AvgIpc) is 2.83. The van der Waals surface area contributed by atoms with Gasteiger partial charge in [-0.3, -0.25) is 9.20 Å². The van der Waals surface area contributed by atoms with Crippen molar-refractivity contribution in [1.29, 1.82) is 0 Å². The van der Waals surface area contributed by atoms with E-state index in [0.717, 1.165) is 25.9 Å². The summed E-state index contributed by atoms with van der Waals surface area (Å²) in [6.07, 6.45) is 3.92. The summed E-state index contributed by atoms with van der Waals surface area (Å²) in [6.45, 7) is 2.60. The number of amides is 1. The molecule has 3 heterocycles. The van der Waals surface area contributed by atoms with Crippen molar-refractivity contribution in [2.24, 2.45) is 5.92 Å². The highest BCUT2D eigenvalue weighted by atomic mass is 16.2. The van der Waals surface area contributed by atoms with Crippen molar-refractivity contribution >= 4 is 11.6 Å². The number of rotatable bonds is 4. The number of carbonyl (C=O) groups excluding carboxylic acids is 1. The fraction of sp³-hybridized carbons (Fsp3) is 0.500. The molecule has 0 radical (unpaired) electrons. The van der Waals surface area contributed by atoms with Gasteiger partial charge in [0.15, 0.2) is 5.65 Å². The molecule has 1 aliphatic rings. The Kier molecular flexibility index (Phi) is 4.01. The van der Waals surface area contributed by atoms with Gasteiger partial charge in [-0.25, -0.2) is 9.48 Å². The zero-order chi connectivity index (χ0) is 14.7. The monoisotopic (exact) mass is 289 g/mol. The highest BCUT2D eigenvalue weighted by Crippen LogP contribution is 2.08. The highest BCUT2D eigenvalue weighted by molar-refractivity contribution is 5.75. The van der Waals surface area contributed by atoms with E-state index in [-0.39, 0.29) is 18.1 Å². The molecule has 0 spiro atoms.